The van der Waals surface area contributed by atoms with Crippen LogP contribution in [0.3, 0.4) is 0 Å². The zero-order valence-electron chi connectivity index (χ0n) is 10.2. The Morgan fingerprint density at radius 3 is 2.88 bits per heavy atom. The standard InChI is InChI=1S/C12H19N3O/c1-12(2,3)11(16)15-8-4-5-9(15)10-13-6-7-14-10/h6-7,9H,4-5,8H2,1-3H3,(H,13,14). The summed E-state index contributed by atoms with van der Waals surface area (Å²) in [6, 6.07) is 0.140. The third kappa shape index (κ3) is 1.96. The Balaban J connectivity index is 2.19. The van der Waals surface area contributed by atoms with Gasteiger partial charge in [0.25, 0.3) is 0 Å². The van der Waals surface area contributed by atoms with Gasteiger partial charge in [0.05, 0.1) is 6.04 Å². The summed E-state index contributed by atoms with van der Waals surface area (Å²) < 4.78 is 0. The van der Waals surface area contributed by atoms with Crippen LogP contribution in [0.2, 0.25) is 0 Å². The van der Waals surface area contributed by atoms with Gasteiger partial charge in [-0.3, -0.25) is 4.79 Å². The quantitative estimate of drug-likeness (QED) is 0.789. The minimum atomic E-state index is -0.310. The first kappa shape index (κ1) is 11.2. The summed E-state index contributed by atoms with van der Waals surface area (Å²) in [6.07, 6.45) is 5.63. The Morgan fingerprint density at radius 1 is 1.56 bits per heavy atom. The van der Waals surface area contributed by atoms with Gasteiger partial charge in [0, 0.05) is 24.4 Å². The van der Waals surface area contributed by atoms with E-state index in [4.69, 9.17) is 0 Å². The highest BCUT2D eigenvalue weighted by molar-refractivity contribution is 5.82. The third-order valence-electron chi connectivity index (χ3n) is 2.99. The summed E-state index contributed by atoms with van der Waals surface area (Å²) in [4.78, 5) is 21.6. The maximum Gasteiger partial charge on any atom is 0.228 e. The first-order valence-corrected chi connectivity index (χ1v) is 5.80. The molecule has 88 valence electrons. The van der Waals surface area contributed by atoms with Crippen LogP contribution in [0, 0.1) is 5.41 Å². The van der Waals surface area contributed by atoms with Crippen LogP contribution in [0.25, 0.3) is 0 Å². The van der Waals surface area contributed by atoms with E-state index in [2.05, 4.69) is 9.97 Å². The van der Waals surface area contributed by atoms with Crippen molar-refractivity contribution in [1.82, 2.24) is 14.9 Å². The molecule has 1 aromatic rings. The second-order valence-corrected chi connectivity index (χ2v) is 5.38. The molecular formula is C12H19N3O. The highest BCUT2D eigenvalue weighted by Gasteiger charge is 2.36. The van der Waals surface area contributed by atoms with Crippen molar-refractivity contribution in [2.45, 2.75) is 39.7 Å². The van der Waals surface area contributed by atoms with Crippen molar-refractivity contribution in [3.05, 3.63) is 18.2 Å². The summed E-state index contributed by atoms with van der Waals surface area (Å²) in [6.45, 7) is 6.74. The predicted molar refractivity (Wildman–Crippen MR) is 61.7 cm³/mol. The number of H-pyrrole nitrogens is 1. The molecule has 1 unspecified atom stereocenters. The Labute approximate surface area is 96.1 Å². The molecule has 1 aromatic heterocycles. The Hall–Kier alpha value is -1.32. The fourth-order valence-electron chi connectivity index (χ4n) is 2.18. The molecule has 1 atom stereocenters. The highest BCUT2D eigenvalue weighted by Crippen LogP contribution is 2.33. The van der Waals surface area contributed by atoms with Gasteiger partial charge in [0.2, 0.25) is 5.91 Å². The van der Waals surface area contributed by atoms with Crippen molar-refractivity contribution in [3.8, 4) is 0 Å². The molecule has 1 saturated heterocycles. The normalized spacial score (nSPS) is 21.4. The lowest BCUT2D eigenvalue weighted by molar-refractivity contribution is -0.140. The molecule has 0 aromatic carbocycles. The molecule has 4 heteroatoms. The minimum Gasteiger partial charge on any atom is -0.347 e. The average molecular weight is 221 g/mol. The van der Waals surface area contributed by atoms with Crippen LogP contribution < -0.4 is 0 Å². The van der Waals surface area contributed by atoms with Crippen LogP contribution in [-0.2, 0) is 4.79 Å². The van der Waals surface area contributed by atoms with Crippen LogP contribution in [0.15, 0.2) is 12.4 Å². The van der Waals surface area contributed by atoms with Gasteiger partial charge < -0.3 is 9.88 Å². The van der Waals surface area contributed by atoms with E-state index in [0.29, 0.717) is 0 Å². The zero-order chi connectivity index (χ0) is 11.8. The Kier molecular flexibility index (Phi) is 2.74. The van der Waals surface area contributed by atoms with E-state index in [0.717, 1.165) is 25.2 Å². The van der Waals surface area contributed by atoms with E-state index < -0.39 is 0 Å². The summed E-state index contributed by atoms with van der Waals surface area (Å²) in [7, 11) is 0. The maximum absolute atomic E-state index is 12.3. The number of aromatic amines is 1. The lowest BCUT2D eigenvalue weighted by Crippen LogP contribution is -2.39. The second kappa shape index (κ2) is 3.92. The van der Waals surface area contributed by atoms with Crippen LogP contribution in [0.1, 0.15) is 45.5 Å². The van der Waals surface area contributed by atoms with Gasteiger partial charge in [-0.25, -0.2) is 4.98 Å². The molecule has 2 heterocycles. The lowest BCUT2D eigenvalue weighted by Gasteiger charge is -2.29. The molecule has 0 spiro atoms. The molecule has 1 aliphatic rings. The summed E-state index contributed by atoms with van der Waals surface area (Å²) in [5, 5.41) is 0. The fraction of sp³-hybridized carbons (Fsp3) is 0.667. The predicted octanol–water partition coefficient (Wildman–Crippen LogP) is 2.12. The van der Waals surface area contributed by atoms with Crippen LogP contribution in [0.5, 0.6) is 0 Å². The molecule has 0 aliphatic carbocycles. The molecule has 0 radical (unpaired) electrons. The lowest BCUT2D eigenvalue weighted by atomic mass is 9.94. The van der Waals surface area contributed by atoms with Crippen molar-refractivity contribution >= 4 is 5.91 Å². The smallest absolute Gasteiger partial charge is 0.228 e. The van der Waals surface area contributed by atoms with E-state index in [1.165, 1.54) is 0 Å². The fourth-order valence-corrected chi connectivity index (χ4v) is 2.18. The summed E-state index contributed by atoms with van der Waals surface area (Å²) in [5.74, 6) is 1.13. The molecule has 4 nitrogen and oxygen atoms in total. The first-order valence-electron chi connectivity index (χ1n) is 5.80. The van der Waals surface area contributed by atoms with Crippen molar-refractivity contribution in [1.29, 1.82) is 0 Å². The maximum atomic E-state index is 12.3. The third-order valence-corrected chi connectivity index (χ3v) is 2.99. The molecule has 1 N–H and O–H groups in total. The monoisotopic (exact) mass is 221 g/mol. The van der Waals surface area contributed by atoms with Gasteiger partial charge in [-0.05, 0) is 12.8 Å². The van der Waals surface area contributed by atoms with Gasteiger partial charge in [-0.15, -0.1) is 0 Å². The van der Waals surface area contributed by atoms with Crippen molar-refractivity contribution in [2.75, 3.05) is 6.54 Å². The number of likely N-dealkylation sites (tertiary alicyclic amines) is 1. The van der Waals surface area contributed by atoms with Crippen LogP contribution in [0.4, 0.5) is 0 Å². The number of hydrogen-bond donors (Lipinski definition) is 1. The SMILES string of the molecule is CC(C)(C)C(=O)N1CCCC1c1ncc[nH]1. The Morgan fingerprint density at radius 2 is 2.31 bits per heavy atom. The highest BCUT2D eigenvalue weighted by atomic mass is 16.2. The van der Waals surface area contributed by atoms with E-state index in [1.54, 1.807) is 6.20 Å². The van der Waals surface area contributed by atoms with Gasteiger partial charge in [0.15, 0.2) is 0 Å². The molecular weight excluding hydrogens is 202 g/mol. The molecule has 16 heavy (non-hydrogen) atoms. The van der Waals surface area contributed by atoms with Gasteiger partial charge in [0.1, 0.15) is 5.82 Å². The van der Waals surface area contributed by atoms with E-state index >= 15 is 0 Å². The van der Waals surface area contributed by atoms with E-state index in [9.17, 15) is 4.79 Å². The number of carbonyl (C=O) groups excluding carboxylic acids is 1. The molecule has 1 fully saturated rings. The number of aromatic nitrogens is 2. The van der Waals surface area contributed by atoms with Crippen LogP contribution in [-0.4, -0.2) is 27.3 Å². The van der Waals surface area contributed by atoms with E-state index in [-0.39, 0.29) is 17.4 Å². The van der Waals surface area contributed by atoms with E-state index in [1.807, 2.05) is 31.9 Å². The number of nitrogens with one attached hydrogen (secondary N) is 1. The number of hydrogen-bond acceptors (Lipinski definition) is 2. The number of nitrogens with zero attached hydrogens (tertiary/aromatic N) is 2. The van der Waals surface area contributed by atoms with Crippen molar-refractivity contribution < 1.29 is 4.79 Å². The summed E-state index contributed by atoms with van der Waals surface area (Å²) in [5.41, 5.74) is -0.310. The first-order chi connectivity index (χ1) is 7.50. The van der Waals surface area contributed by atoms with Crippen molar-refractivity contribution in [2.24, 2.45) is 5.41 Å². The minimum absolute atomic E-state index is 0.140. The number of imidazole rings is 1. The number of rotatable bonds is 1. The van der Waals surface area contributed by atoms with Gasteiger partial charge in [-0.1, -0.05) is 20.8 Å². The van der Waals surface area contributed by atoms with Gasteiger partial charge in [-0.2, -0.15) is 0 Å². The Bertz CT molecular complexity index is 364. The van der Waals surface area contributed by atoms with Gasteiger partial charge >= 0.3 is 0 Å². The van der Waals surface area contributed by atoms with Crippen molar-refractivity contribution in [3.63, 3.8) is 0 Å². The second-order valence-electron chi connectivity index (χ2n) is 5.38. The molecule has 1 amide bonds. The number of amides is 1. The molecule has 1 aliphatic heterocycles. The summed E-state index contributed by atoms with van der Waals surface area (Å²) >= 11 is 0. The largest absolute Gasteiger partial charge is 0.347 e. The topological polar surface area (TPSA) is 49.0 Å². The van der Waals surface area contributed by atoms with Crippen LogP contribution >= 0.6 is 0 Å². The zero-order valence-corrected chi connectivity index (χ0v) is 10.2. The average Bonchev–Trinajstić information content (AvgIpc) is 2.85. The number of carbonyl (C=O) groups is 1. The molecule has 0 saturated carbocycles. The molecule has 2 rings (SSSR count). The molecule has 0 bridgehead atoms.